The number of hydrogen-bond donors (Lipinski definition) is 1. The predicted molar refractivity (Wildman–Crippen MR) is 127 cm³/mol. The molecule has 0 radical (unpaired) electrons. The summed E-state index contributed by atoms with van der Waals surface area (Å²) in [6.45, 7) is 7.84. The number of ether oxygens (including phenoxy) is 1. The van der Waals surface area contributed by atoms with E-state index in [1.54, 1.807) is 31.0 Å². The van der Waals surface area contributed by atoms with Crippen molar-refractivity contribution < 1.29 is 23.1 Å². The van der Waals surface area contributed by atoms with Gasteiger partial charge < -0.3 is 14.7 Å². The maximum atomic E-state index is 13.5. The normalized spacial score (nSPS) is 23.4. The lowest BCUT2D eigenvalue weighted by molar-refractivity contribution is -0.131. The molecule has 1 aliphatic heterocycles. The molecule has 1 heterocycles. The summed E-state index contributed by atoms with van der Waals surface area (Å²) in [6.07, 6.45) is 2.35. The van der Waals surface area contributed by atoms with Crippen molar-refractivity contribution in [3.63, 3.8) is 0 Å². The largest absolute Gasteiger partial charge is 0.487 e. The zero-order valence-electron chi connectivity index (χ0n) is 20.2. The third-order valence-electron chi connectivity index (χ3n) is 6.21. The highest BCUT2D eigenvalue weighted by Crippen LogP contribution is 2.35. The third kappa shape index (κ3) is 6.28. The van der Waals surface area contributed by atoms with E-state index in [2.05, 4.69) is 11.8 Å². The third-order valence-corrected chi connectivity index (χ3v) is 8.23. The fourth-order valence-electron chi connectivity index (χ4n) is 3.85. The Bertz CT molecular complexity index is 1020. The van der Waals surface area contributed by atoms with Crippen LogP contribution in [0, 0.1) is 29.6 Å². The topological polar surface area (TPSA) is 87.2 Å². The lowest BCUT2D eigenvalue weighted by atomic mass is 10.0. The number of likely N-dealkylation sites (N-methyl/N-ethyl adjacent to an activating group) is 1. The number of benzene rings is 1. The van der Waals surface area contributed by atoms with Crippen molar-refractivity contribution in [2.45, 2.75) is 64.0 Å². The number of hydrogen-bond acceptors (Lipinski definition) is 5. The number of nitrogens with zero attached hydrogens (tertiary/aromatic N) is 2. The van der Waals surface area contributed by atoms with Crippen molar-refractivity contribution in [2.24, 2.45) is 17.8 Å². The average Bonchev–Trinajstić information content (AvgIpc) is 3.57. The lowest BCUT2D eigenvalue weighted by Crippen LogP contribution is -2.50. The Labute approximate surface area is 198 Å². The van der Waals surface area contributed by atoms with Crippen molar-refractivity contribution >= 4 is 15.9 Å². The van der Waals surface area contributed by atoms with Crippen LogP contribution in [0.15, 0.2) is 23.1 Å². The van der Waals surface area contributed by atoms with E-state index < -0.39 is 22.2 Å². The first-order valence-corrected chi connectivity index (χ1v) is 13.2. The van der Waals surface area contributed by atoms with Gasteiger partial charge in [0.25, 0.3) is 0 Å². The van der Waals surface area contributed by atoms with Crippen LogP contribution in [-0.2, 0) is 14.8 Å². The molecule has 1 amide bonds. The number of carbonyl (C=O) groups excluding carboxylic acids is 1. The average molecular weight is 477 g/mol. The van der Waals surface area contributed by atoms with Gasteiger partial charge in [-0.15, -0.1) is 0 Å². The minimum Gasteiger partial charge on any atom is -0.487 e. The molecule has 7 nitrogen and oxygen atoms in total. The Hall–Kier alpha value is -2.08. The number of rotatable bonds is 6. The van der Waals surface area contributed by atoms with Crippen LogP contribution in [0.3, 0.4) is 0 Å². The van der Waals surface area contributed by atoms with E-state index in [-0.39, 0.29) is 41.5 Å². The van der Waals surface area contributed by atoms with Gasteiger partial charge >= 0.3 is 0 Å². The second kappa shape index (κ2) is 10.5. The molecule has 0 saturated heterocycles. The summed E-state index contributed by atoms with van der Waals surface area (Å²) in [6, 6.07) is 4.29. The molecule has 182 valence electrons. The summed E-state index contributed by atoms with van der Waals surface area (Å²) >= 11 is 0. The van der Waals surface area contributed by atoms with E-state index >= 15 is 0 Å². The monoisotopic (exact) mass is 476 g/mol. The summed E-state index contributed by atoms with van der Waals surface area (Å²) in [5, 5.41) is 9.75. The fraction of sp³-hybridized carbons (Fsp3) is 0.640. The van der Waals surface area contributed by atoms with Crippen molar-refractivity contribution in [3.8, 4) is 17.6 Å². The van der Waals surface area contributed by atoms with Gasteiger partial charge in [0.15, 0.2) is 0 Å². The molecule has 1 aromatic carbocycles. The second-order valence-electron chi connectivity index (χ2n) is 9.75. The fourth-order valence-corrected chi connectivity index (χ4v) is 5.67. The molecule has 0 aromatic heterocycles. The maximum absolute atomic E-state index is 13.5. The standard InChI is InChI=1S/C25H36N2O5S/c1-17(2)6-7-20-10-11-24-22(12-20)32-23(15-26(5)25(29)13-21-8-9-21)18(3)14-27(19(4)16-28)33(24,30)31/h10-12,17-19,21,23,28H,8-9,13-16H2,1-5H3/t18-,19-,23+/m1/s1. The predicted octanol–water partition coefficient (Wildman–Crippen LogP) is 2.72. The van der Waals surface area contributed by atoms with Crippen LogP contribution >= 0.6 is 0 Å². The van der Waals surface area contributed by atoms with Gasteiger partial charge in [-0.3, -0.25) is 4.79 Å². The Morgan fingerprint density at radius 1 is 1.30 bits per heavy atom. The number of aliphatic hydroxyl groups is 1. The number of sulfonamides is 1. The van der Waals surface area contributed by atoms with Crippen LogP contribution in [0.5, 0.6) is 5.75 Å². The number of carbonyl (C=O) groups is 1. The smallest absolute Gasteiger partial charge is 0.247 e. The molecule has 1 fully saturated rings. The van der Waals surface area contributed by atoms with E-state index in [1.165, 1.54) is 10.4 Å². The number of aliphatic hydroxyl groups excluding tert-OH is 1. The molecule has 0 spiro atoms. The van der Waals surface area contributed by atoms with Crippen molar-refractivity contribution in [2.75, 3.05) is 26.7 Å². The summed E-state index contributed by atoms with van der Waals surface area (Å²) in [5.41, 5.74) is 0.671. The Morgan fingerprint density at radius 3 is 2.61 bits per heavy atom. The van der Waals surface area contributed by atoms with E-state index in [1.807, 2.05) is 20.8 Å². The minimum atomic E-state index is -3.89. The van der Waals surface area contributed by atoms with Crippen LogP contribution < -0.4 is 4.74 Å². The van der Waals surface area contributed by atoms with Gasteiger partial charge in [0, 0.05) is 43.5 Å². The first-order chi connectivity index (χ1) is 15.5. The highest BCUT2D eigenvalue weighted by atomic mass is 32.2. The van der Waals surface area contributed by atoms with Crippen molar-refractivity contribution in [1.82, 2.24) is 9.21 Å². The van der Waals surface area contributed by atoms with Crippen molar-refractivity contribution in [1.29, 1.82) is 0 Å². The molecule has 1 saturated carbocycles. The zero-order chi connectivity index (χ0) is 24.3. The first kappa shape index (κ1) is 25.5. The van der Waals surface area contributed by atoms with Gasteiger partial charge in [-0.25, -0.2) is 8.42 Å². The van der Waals surface area contributed by atoms with Gasteiger partial charge in [-0.05, 0) is 43.9 Å². The molecule has 1 N–H and O–H groups in total. The Balaban J connectivity index is 1.99. The quantitative estimate of drug-likeness (QED) is 0.638. The molecule has 3 rings (SSSR count). The lowest BCUT2D eigenvalue weighted by Gasteiger charge is -2.37. The second-order valence-corrected chi connectivity index (χ2v) is 11.6. The van der Waals surface area contributed by atoms with Gasteiger partial charge in [-0.1, -0.05) is 32.6 Å². The maximum Gasteiger partial charge on any atom is 0.247 e. The molecular weight excluding hydrogens is 440 g/mol. The van der Waals surface area contributed by atoms with E-state index in [9.17, 15) is 18.3 Å². The highest BCUT2D eigenvalue weighted by molar-refractivity contribution is 7.89. The van der Waals surface area contributed by atoms with E-state index in [4.69, 9.17) is 4.74 Å². The molecule has 33 heavy (non-hydrogen) atoms. The SMILES string of the molecule is CC(C)C#Cc1ccc2c(c1)O[C@@H](CN(C)C(=O)CC1CC1)[C@H](C)CN([C@H](C)CO)S2(=O)=O. The molecule has 0 bridgehead atoms. The van der Waals surface area contributed by atoms with Crippen LogP contribution in [0.25, 0.3) is 0 Å². The molecule has 8 heteroatoms. The van der Waals surface area contributed by atoms with Gasteiger partial charge in [0.2, 0.25) is 15.9 Å². The Kier molecular flexibility index (Phi) is 8.09. The van der Waals surface area contributed by atoms with Crippen molar-refractivity contribution in [3.05, 3.63) is 23.8 Å². The van der Waals surface area contributed by atoms with Crippen LogP contribution in [-0.4, -0.2) is 67.5 Å². The number of fused-ring (bicyclic) bond motifs is 1. The summed E-state index contributed by atoms with van der Waals surface area (Å²) in [7, 11) is -2.12. The molecule has 1 aromatic rings. The van der Waals surface area contributed by atoms with Crippen LogP contribution in [0.4, 0.5) is 0 Å². The first-order valence-electron chi connectivity index (χ1n) is 11.7. The molecule has 1 aliphatic carbocycles. The summed E-state index contributed by atoms with van der Waals surface area (Å²) in [5.74, 6) is 6.95. The Morgan fingerprint density at radius 2 is 2.00 bits per heavy atom. The van der Waals surface area contributed by atoms with Crippen LogP contribution in [0.2, 0.25) is 0 Å². The van der Waals surface area contributed by atoms with E-state index in [0.29, 0.717) is 24.4 Å². The number of amides is 1. The van der Waals surface area contributed by atoms with Gasteiger partial charge in [-0.2, -0.15) is 4.31 Å². The van der Waals surface area contributed by atoms with Crippen LogP contribution in [0.1, 0.15) is 52.5 Å². The zero-order valence-corrected chi connectivity index (χ0v) is 21.1. The van der Waals surface area contributed by atoms with E-state index in [0.717, 1.165) is 12.8 Å². The summed E-state index contributed by atoms with van der Waals surface area (Å²) in [4.78, 5) is 14.4. The molecule has 3 atom stereocenters. The molecule has 0 unspecified atom stereocenters. The highest BCUT2D eigenvalue weighted by Gasteiger charge is 2.38. The van der Waals surface area contributed by atoms with Gasteiger partial charge in [0.1, 0.15) is 16.7 Å². The summed E-state index contributed by atoms with van der Waals surface area (Å²) < 4.78 is 34.6. The molecular formula is C25H36N2O5S. The van der Waals surface area contributed by atoms with Gasteiger partial charge in [0.05, 0.1) is 13.2 Å². The minimum absolute atomic E-state index is 0.0572. The molecule has 2 aliphatic rings.